The van der Waals surface area contributed by atoms with Gasteiger partial charge in [-0.1, -0.05) is 145 Å². The lowest BCUT2D eigenvalue weighted by molar-refractivity contribution is 0.332. The molecule has 0 fully saturated rings. The summed E-state index contributed by atoms with van der Waals surface area (Å²) >= 11 is 0. The van der Waals surface area contributed by atoms with Crippen molar-refractivity contribution in [2.75, 3.05) is 9.80 Å². The lowest BCUT2D eigenvalue weighted by Crippen LogP contribution is -2.62. The monoisotopic (exact) mass is 881 g/mol. The SMILES string of the molecule is Cc1cc2c3c(c1)N(c1cc4c(cc1C)C(C)(C)CCC4(C)C)c1cc4c(cc1B3c1cc3c(cc1N2c1ccc2c(c1)-c1ccccc1C2(C)C)C(C)(C)CCC3(C)C)C(C)(C)CC4(C)C. The average Bonchev–Trinajstić information content (AvgIpc) is 3.59. The largest absolute Gasteiger partial charge is 0.311 e. The first-order chi connectivity index (χ1) is 31.2. The molecule has 67 heavy (non-hydrogen) atoms. The van der Waals surface area contributed by atoms with Gasteiger partial charge in [0.25, 0.3) is 6.71 Å². The summed E-state index contributed by atoms with van der Waals surface area (Å²) in [6.45, 7) is 39.5. The van der Waals surface area contributed by atoms with Crippen molar-refractivity contribution in [2.24, 2.45) is 0 Å². The molecule has 0 N–H and O–H groups in total. The molecule has 0 atom stereocenters. The zero-order valence-electron chi connectivity index (χ0n) is 43.7. The van der Waals surface area contributed by atoms with Crippen LogP contribution in [0.4, 0.5) is 34.1 Å². The fourth-order valence-electron chi connectivity index (χ4n) is 15.0. The Labute approximate surface area is 403 Å². The highest BCUT2D eigenvalue weighted by atomic mass is 15.2. The van der Waals surface area contributed by atoms with Gasteiger partial charge in [-0.15, -0.1) is 0 Å². The molecule has 0 saturated heterocycles. The molecule has 0 saturated carbocycles. The molecule has 2 aliphatic heterocycles. The van der Waals surface area contributed by atoms with E-state index in [0.717, 1.165) is 6.42 Å². The number of fused-ring (bicyclic) bond motifs is 10. The maximum absolute atomic E-state index is 2.75. The normalized spacial score (nSPS) is 21.6. The van der Waals surface area contributed by atoms with Crippen molar-refractivity contribution in [3.63, 3.8) is 0 Å². The van der Waals surface area contributed by atoms with Gasteiger partial charge in [0.05, 0.1) is 0 Å². The Hall–Kier alpha value is -5.02. The second-order valence-electron chi connectivity index (χ2n) is 26.8. The molecule has 3 heteroatoms. The van der Waals surface area contributed by atoms with Gasteiger partial charge in [0.2, 0.25) is 0 Å². The van der Waals surface area contributed by atoms with Crippen molar-refractivity contribution < 1.29 is 0 Å². The van der Waals surface area contributed by atoms with Gasteiger partial charge in [0, 0.05) is 39.5 Å². The Morgan fingerprint density at radius 2 is 0.836 bits per heavy atom. The number of benzene rings is 6. The number of rotatable bonds is 2. The maximum Gasteiger partial charge on any atom is 0.252 e. The third-order valence-corrected chi connectivity index (χ3v) is 18.9. The molecule has 0 unspecified atom stereocenters. The van der Waals surface area contributed by atoms with E-state index < -0.39 is 0 Å². The molecule has 0 radical (unpaired) electrons. The first kappa shape index (κ1) is 43.3. The molecule has 6 aliphatic rings. The summed E-state index contributed by atoms with van der Waals surface area (Å²) in [4.78, 5) is 5.46. The third kappa shape index (κ3) is 5.82. The summed E-state index contributed by atoms with van der Waals surface area (Å²) in [6, 6.07) is 37.7. The van der Waals surface area contributed by atoms with E-state index in [-0.39, 0.29) is 44.6 Å². The van der Waals surface area contributed by atoms with Crippen molar-refractivity contribution in [3.8, 4) is 11.1 Å². The van der Waals surface area contributed by atoms with E-state index in [4.69, 9.17) is 0 Å². The molecule has 0 amide bonds. The molecule has 2 nitrogen and oxygen atoms in total. The Bertz CT molecular complexity index is 3180. The van der Waals surface area contributed by atoms with Crippen molar-refractivity contribution in [3.05, 3.63) is 147 Å². The Kier molecular flexibility index (Phi) is 8.52. The molecule has 0 bridgehead atoms. The zero-order chi connectivity index (χ0) is 47.5. The van der Waals surface area contributed by atoms with E-state index in [1.165, 1.54) is 143 Å². The topological polar surface area (TPSA) is 6.48 Å². The number of hydrogen-bond donors (Lipinski definition) is 0. The van der Waals surface area contributed by atoms with E-state index in [2.05, 4.69) is 212 Å². The summed E-state index contributed by atoms with van der Waals surface area (Å²) < 4.78 is 0. The highest BCUT2D eigenvalue weighted by Crippen LogP contribution is 2.57. The van der Waals surface area contributed by atoms with E-state index in [1.54, 1.807) is 0 Å². The fraction of sp³-hybridized carbons (Fsp3) is 0.438. The smallest absolute Gasteiger partial charge is 0.252 e. The summed E-state index contributed by atoms with van der Waals surface area (Å²) in [6.07, 6.45) is 5.91. The van der Waals surface area contributed by atoms with Crippen LogP contribution >= 0.6 is 0 Å². The van der Waals surface area contributed by atoms with E-state index in [1.807, 2.05) is 0 Å². The first-order valence-corrected chi connectivity index (χ1v) is 25.8. The minimum Gasteiger partial charge on any atom is -0.311 e. The first-order valence-electron chi connectivity index (χ1n) is 25.8. The van der Waals surface area contributed by atoms with Crippen molar-refractivity contribution in [1.29, 1.82) is 0 Å². The lowest BCUT2D eigenvalue weighted by atomic mass is 9.32. The van der Waals surface area contributed by atoms with Crippen LogP contribution in [0.5, 0.6) is 0 Å². The molecule has 2 heterocycles. The minimum absolute atomic E-state index is 0.0597. The number of anilines is 6. The Morgan fingerprint density at radius 3 is 1.42 bits per heavy atom. The van der Waals surface area contributed by atoms with Gasteiger partial charge >= 0.3 is 0 Å². The van der Waals surface area contributed by atoms with Gasteiger partial charge in [0.1, 0.15) is 0 Å². The molecule has 4 aliphatic carbocycles. The van der Waals surface area contributed by atoms with Crippen LogP contribution in [0.15, 0.2) is 91.0 Å². The third-order valence-electron chi connectivity index (χ3n) is 18.9. The Balaban J connectivity index is 1.21. The van der Waals surface area contributed by atoms with Gasteiger partial charge in [-0.2, -0.15) is 0 Å². The lowest BCUT2D eigenvalue weighted by Gasteiger charge is -2.48. The van der Waals surface area contributed by atoms with Crippen LogP contribution in [-0.2, 0) is 37.9 Å². The fourth-order valence-corrected chi connectivity index (χ4v) is 15.0. The predicted octanol–water partition coefficient (Wildman–Crippen LogP) is 15.3. The van der Waals surface area contributed by atoms with Crippen LogP contribution in [0.1, 0.15) is 185 Å². The summed E-state index contributed by atoms with van der Waals surface area (Å²) in [5.41, 5.74) is 30.0. The Morgan fingerprint density at radius 1 is 0.388 bits per heavy atom. The van der Waals surface area contributed by atoms with Crippen LogP contribution in [0, 0.1) is 13.8 Å². The molecular formula is C64H73BN2. The van der Waals surface area contributed by atoms with Gasteiger partial charge < -0.3 is 9.80 Å². The summed E-state index contributed by atoms with van der Waals surface area (Å²) in [7, 11) is 0. The number of nitrogens with zero attached hydrogens (tertiary/aromatic N) is 2. The highest BCUT2D eigenvalue weighted by molar-refractivity contribution is 7.00. The molecule has 0 aromatic heterocycles. The number of aryl methyl sites for hydroxylation is 2. The summed E-state index contributed by atoms with van der Waals surface area (Å²) in [5.74, 6) is 0. The quantitative estimate of drug-likeness (QED) is 0.160. The van der Waals surface area contributed by atoms with Crippen LogP contribution in [0.2, 0.25) is 0 Å². The van der Waals surface area contributed by atoms with E-state index in [0.29, 0.717) is 0 Å². The molecule has 6 aromatic carbocycles. The second-order valence-corrected chi connectivity index (χ2v) is 26.8. The second kappa shape index (κ2) is 13.2. The predicted molar refractivity (Wildman–Crippen MR) is 289 cm³/mol. The van der Waals surface area contributed by atoms with Crippen molar-refractivity contribution in [2.45, 2.75) is 181 Å². The van der Waals surface area contributed by atoms with Crippen LogP contribution in [-0.4, -0.2) is 6.71 Å². The standard InChI is InChI=1S/C64H73BN2/c1-37-27-55-57-56(28-37)67(52-33-47-44(29-38(52)2)58(3,4)23-25-60(47,7)8)54-35-49-46(62(11,12)36-63(49,13)14)32-51(54)65(57)50-31-45-48(61(9,10)26-24-59(45,5)6)34-53(50)66(55)39-21-22-43-41(30-39)40-19-17-18-20-42(40)64(43,15)16/h17-22,27-35H,23-26,36H2,1-16H3. The highest BCUT2D eigenvalue weighted by Gasteiger charge is 2.50. The van der Waals surface area contributed by atoms with Crippen LogP contribution < -0.4 is 26.2 Å². The molecule has 342 valence electrons. The van der Waals surface area contributed by atoms with Gasteiger partial charge in [0.15, 0.2) is 0 Å². The molecule has 6 aromatic rings. The van der Waals surface area contributed by atoms with Crippen LogP contribution in [0.3, 0.4) is 0 Å². The molecule has 12 rings (SSSR count). The van der Waals surface area contributed by atoms with Gasteiger partial charge in [-0.3, -0.25) is 0 Å². The average molecular weight is 881 g/mol. The number of hydrogen-bond acceptors (Lipinski definition) is 2. The molecule has 0 spiro atoms. The van der Waals surface area contributed by atoms with Gasteiger partial charge in [-0.25, -0.2) is 0 Å². The minimum atomic E-state index is -0.0597. The van der Waals surface area contributed by atoms with E-state index in [9.17, 15) is 0 Å². The van der Waals surface area contributed by atoms with E-state index >= 15 is 0 Å². The van der Waals surface area contributed by atoms with Crippen molar-refractivity contribution in [1.82, 2.24) is 0 Å². The van der Waals surface area contributed by atoms with Gasteiger partial charge in [-0.05, 0) is 204 Å². The summed E-state index contributed by atoms with van der Waals surface area (Å²) in [5, 5.41) is 0. The maximum atomic E-state index is 2.75. The van der Waals surface area contributed by atoms with Crippen molar-refractivity contribution >= 4 is 57.2 Å². The zero-order valence-corrected chi connectivity index (χ0v) is 43.7. The molecular weight excluding hydrogens is 808 g/mol. The van der Waals surface area contributed by atoms with Crippen LogP contribution in [0.25, 0.3) is 11.1 Å².